The number of nitrogens with zero attached hydrogens (tertiary/aromatic N) is 2. The Labute approximate surface area is 118 Å². The van der Waals surface area contributed by atoms with E-state index >= 15 is 0 Å². The van der Waals surface area contributed by atoms with E-state index in [1.165, 1.54) is 0 Å². The van der Waals surface area contributed by atoms with E-state index in [1.807, 2.05) is 18.2 Å². The van der Waals surface area contributed by atoms with Crippen molar-refractivity contribution in [2.24, 2.45) is 0 Å². The molecule has 0 unspecified atom stereocenters. The molecular weight excluding hydrogens is 226 g/mol. The molecule has 1 aromatic heterocycles. The van der Waals surface area contributed by atoms with E-state index in [0.29, 0.717) is 5.39 Å². The van der Waals surface area contributed by atoms with Gasteiger partial charge in [0, 0.05) is 17.0 Å². The fourth-order valence-corrected chi connectivity index (χ4v) is 1.00. The predicted molar refractivity (Wildman–Crippen MR) is 41.3 cm³/mol. The maximum atomic E-state index is 11.0. The first-order valence-corrected chi connectivity index (χ1v) is 3.25. The minimum atomic E-state index is -0.261. The Hall–Kier alpha value is 0.165. The van der Waals surface area contributed by atoms with Gasteiger partial charge in [-0.3, -0.25) is 0 Å². The molecule has 0 aliphatic carbocycles. The number of fused-ring (bicyclic) bond motifs is 1. The summed E-state index contributed by atoms with van der Waals surface area (Å²) in [5.74, 6) is 0. The van der Waals surface area contributed by atoms with Crippen molar-refractivity contribution in [3.05, 3.63) is 40.8 Å². The number of benzene rings is 1. The van der Waals surface area contributed by atoms with E-state index in [-0.39, 0.29) is 63.7 Å². The monoisotopic (exact) mass is 230 g/mol. The van der Waals surface area contributed by atoms with Crippen LogP contribution in [0.3, 0.4) is 0 Å². The van der Waals surface area contributed by atoms with Crippen LogP contribution in [0.25, 0.3) is 10.8 Å². The van der Waals surface area contributed by atoms with Crippen LogP contribution in [0.15, 0.2) is 35.3 Å². The van der Waals surface area contributed by atoms with Gasteiger partial charge in [0.2, 0.25) is 0 Å². The van der Waals surface area contributed by atoms with E-state index in [0.717, 1.165) is 5.39 Å². The molecule has 0 N–H and O–H groups in total. The van der Waals surface area contributed by atoms with Crippen molar-refractivity contribution < 1.29 is 58.2 Å². The third kappa shape index (κ3) is 1.91. The number of hydrogen-bond acceptors (Lipinski definition) is 2. The van der Waals surface area contributed by atoms with E-state index in [1.54, 1.807) is 12.3 Å². The minimum absolute atomic E-state index is 0. The molecule has 3 nitrogen and oxygen atoms in total. The van der Waals surface area contributed by atoms with Crippen LogP contribution in [-0.4, -0.2) is 5.10 Å². The smallest absolute Gasteiger partial charge is 0.540 e. The normalized spacial score (nSPS) is 9.33. The Bertz CT molecular complexity index is 433. The summed E-state index contributed by atoms with van der Waals surface area (Å²) in [6, 6.07) is 7.26. The van der Waals surface area contributed by atoms with Gasteiger partial charge < -0.3 is 15.0 Å². The average molecular weight is 231 g/mol. The zero-order chi connectivity index (χ0) is 7.68. The van der Waals surface area contributed by atoms with Gasteiger partial charge in [0.1, 0.15) is 0 Å². The maximum Gasteiger partial charge on any atom is 1.00 e. The average Bonchev–Trinajstić information content (AvgIpc) is 2.06. The van der Waals surface area contributed by atoms with Crippen LogP contribution in [0, 0.1) is 0 Å². The van der Waals surface area contributed by atoms with Crippen LogP contribution in [0.1, 0.15) is 0 Å². The van der Waals surface area contributed by atoms with Crippen molar-refractivity contribution >= 4 is 10.8 Å². The SMILES string of the molecule is O=c1[n-]ncc2ccccc12.[Rb+]. The molecule has 1 aromatic carbocycles. The van der Waals surface area contributed by atoms with Gasteiger partial charge in [0.05, 0.1) is 5.56 Å². The molecule has 0 spiro atoms. The molecule has 0 fully saturated rings. The van der Waals surface area contributed by atoms with Crippen LogP contribution in [0.5, 0.6) is 0 Å². The molecule has 0 saturated heterocycles. The second kappa shape index (κ2) is 4.42. The van der Waals surface area contributed by atoms with E-state index in [4.69, 9.17) is 0 Å². The molecule has 2 aromatic rings. The van der Waals surface area contributed by atoms with Crippen LogP contribution >= 0.6 is 0 Å². The Morgan fingerprint density at radius 2 is 2.00 bits per heavy atom. The van der Waals surface area contributed by atoms with Gasteiger partial charge in [-0.1, -0.05) is 24.3 Å². The number of hydrogen-bond donors (Lipinski definition) is 0. The fourth-order valence-electron chi connectivity index (χ4n) is 1.00. The van der Waals surface area contributed by atoms with Crippen molar-refractivity contribution in [2.75, 3.05) is 0 Å². The summed E-state index contributed by atoms with van der Waals surface area (Å²) < 4.78 is 0. The van der Waals surface area contributed by atoms with Crippen LogP contribution in [0.2, 0.25) is 0 Å². The van der Waals surface area contributed by atoms with Crippen molar-refractivity contribution in [1.82, 2.24) is 10.2 Å². The second-order valence-corrected chi connectivity index (χ2v) is 2.24. The van der Waals surface area contributed by atoms with Gasteiger partial charge in [-0.2, -0.15) is 0 Å². The molecule has 0 amide bonds. The molecule has 4 heteroatoms. The largest absolute Gasteiger partial charge is 1.00 e. The molecule has 1 heterocycles. The third-order valence-corrected chi connectivity index (χ3v) is 1.54. The van der Waals surface area contributed by atoms with Crippen molar-refractivity contribution in [3.63, 3.8) is 0 Å². The molecule has 0 aliphatic rings. The summed E-state index contributed by atoms with van der Waals surface area (Å²) in [5.41, 5.74) is -0.261. The maximum absolute atomic E-state index is 11.0. The third-order valence-electron chi connectivity index (χ3n) is 1.54. The number of rotatable bonds is 0. The van der Waals surface area contributed by atoms with Crippen molar-refractivity contribution in [2.45, 2.75) is 0 Å². The molecule has 0 radical (unpaired) electrons. The summed E-state index contributed by atoms with van der Waals surface area (Å²) in [6.45, 7) is 0. The summed E-state index contributed by atoms with van der Waals surface area (Å²) >= 11 is 0. The Morgan fingerprint density at radius 3 is 2.75 bits per heavy atom. The van der Waals surface area contributed by atoms with Crippen molar-refractivity contribution in [3.8, 4) is 0 Å². The van der Waals surface area contributed by atoms with Gasteiger partial charge in [0.15, 0.2) is 0 Å². The molecule has 12 heavy (non-hydrogen) atoms. The zero-order valence-corrected chi connectivity index (χ0v) is 11.6. The van der Waals surface area contributed by atoms with Gasteiger partial charge in [-0.15, -0.1) is 0 Å². The van der Waals surface area contributed by atoms with E-state index in [2.05, 4.69) is 10.2 Å². The molecule has 0 bridgehead atoms. The van der Waals surface area contributed by atoms with Gasteiger partial charge in [0.25, 0.3) is 0 Å². The van der Waals surface area contributed by atoms with Gasteiger partial charge >= 0.3 is 58.2 Å². The Kier molecular flexibility index (Phi) is 3.77. The number of aromatic nitrogens is 2. The van der Waals surface area contributed by atoms with E-state index in [9.17, 15) is 4.79 Å². The molecule has 0 saturated carbocycles. The van der Waals surface area contributed by atoms with Crippen LogP contribution < -0.4 is 68.8 Å². The topological polar surface area (TPSA) is 44.1 Å². The van der Waals surface area contributed by atoms with Gasteiger partial charge in [-0.05, 0) is 0 Å². The first-order chi connectivity index (χ1) is 5.38. The molecular formula is C8H5N2ORb. The summed E-state index contributed by atoms with van der Waals surface area (Å²) in [7, 11) is 0. The summed E-state index contributed by atoms with van der Waals surface area (Å²) in [4.78, 5) is 11.0. The second-order valence-electron chi connectivity index (χ2n) is 2.24. The summed E-state index contributed by atoms with van der Waals surface area (Å²) in [6.07, 6.45) is 1.58. The van der Waals surface area contributed by atoms with Crippen molar-refractivity contribution in [1.29, 1.82) is 0 Å². The first-order valence-electron chi connectivity index (χ1n) is 3.25. The Balaban J connectivity index is 0.000000720. The first kappa shape index (κ1) is 10.2. The zero-order valence-electron chi connectivity index (χ0n) is 6.69. The minimum Gasteiger partial charge on any atom is -0.540 e. The fraction of sp³-hybridized carbons (Fsp3) is 0. The van der Waals surface area contributed by atoms with Crippen LogP contribution in [0.4, 0.5) is 0 Å². The molecule has 2 rings (SSSR count). The molecule has 0 atom stereocenters. The van der Waals surface area contributed by atoms with Gasteiger partial charge in [-0.25, -0.2) is 0 Å². The molecule has 54 valence electrons. The van der Waals surface area contributed by atoms with E-state index < -0.39 is 0 Å². The Morgan fingerprint density at radius 1 is 1.25 bits per heavy atom. The quantitative estimate of drug-likeness (QED) is 0.505. The summed E-state index contributed by atoms with van der Waals surface area (Å²) in [5, 5.41) is 8.42. The predicted octanol–water partition coefficient (Wildman–Crippen LogP) is -2.44. The molecule has 0 aliphatic heterocycles. The van der Waals surface area contributed by atoms with Crippen LogP contribution in [-0.2, 0) is 0 Å². The standard InChI is InChI=1S/C8H6N2O.Rb/c11-8-7-4-2-1-3-6(7)5-9-10-8;/h1-5H,(H,10,11);/q;+1/p-1.